The van der Waals surface area contributed by atoms with E-state index in [4.69, 9.17) is 28.3 Å². The van der Waals surface area contributed by atoms with Gasteiger partial charge in [-0.25, -0.2) is 4.79 Å². The summed E-state index contributed by atoms with van der Waals surface area (Å²) in [5.74, 6) is -1.21. The Kier molecular flexibility index (Phi) is 4.30. The number of anilines is 2. The molecule has 0 atom stereocenters. The van der Waals surface area contributed by atoms with Gasteiger partial charge in [0.1, 0.15) is 0 Å². The molecule has 0 aromatic heterocycles. The van der Waals surface area contributed by atoms with E-state index in [1.54, 1.807) is 0 Å². The van der Waals surface area contributed by atoms with E-state index in [1.807, 2.05) is 0 Å². The molecule has 2 aromatic rings. The number of nitro groups is 1. The molecule has 0 amide bonds. The maximum atomic E-state index is 11.2. The number of nitrogens with zero attached hydrogens (tertiary/aromatic N) is 1. The summed E-state index contributed by atoms with van der Waals surface area (Å²) < 4.78 is 0. The molecule has 0 unspecified atom stereocenters. The Morgan fingerprint density at radius 2 is 1.76 bits per heavy atom. The molecule has 0 fully saturated rings. The molecule has 2 N–H and O–H groups in total. The smallest absolute Gasteiger partial charge is 0.337 e. The van der Waals surface area contributed by atoms with Crippen LogP contribution in [0.4, 0.5) is 17.1 Å². The van der Waals surface area contributed by atoms with Gasteiger partial charge >= 0.3 is 5.97 Å². The van der Waals surface area contributed by atoms with Crippen LogP contribution in [0.3, 0.4) is 0 Å². The zero-order chi connectivity index (χ0) is 15.6. The summed E-state index contributed by atoms with van der Waals surface area (Å²) in [5, 5.41) is 23.4. The van der Waals surface area contributed by atoms with Crippen LogP contribution in [0.5, 0.6) is 0 Å². The van der Waals surface area contributed by atoms with E-state index < -0.39 is 10.9 Å². The fourth-order valence-corrected chi connectivity index (χ4v) is 2.24. The number of halogens is 2. The van der Waals surface area contributed by atoms with E-state index in [9.17, 15) is 14.9 Å². The van der Waals surface area contributed by atoms with Crippen molar-refractivity contribution in [1.82, 2.24) is 0 Å². The van der Waals surface area contributed by atoms with Gasteiger partial charge in [0.15, 0.2) is 0 Å². The van der Waals surface area contributed by atoms with Gasteiger partial charge in [-0.3, -0.25) is 10.1 Å². The summed E-state index contributed by atoms with van der Waals surface area (Å²) in [4.78, 5) is 21.3. The molecule has 0 saturated carbocycles. The van der Waals surface area contributed by atoms with Crippen LogP contribution in [0.2, 0.25) is 10.0 Å². The van der Waals surface area contributed by atoms with E-state index in [1.165, 1.54) is 18.2 Å². The zero-order valence-corrected chi connectivity index (χ0v) is 11.9. The number of carboxylic acid groups (broad SMARTS) is 1. The first-order valence-electron chi connectivity index (χ1n) is 5.61. The quantitative estimate of drug-likeness (QED) is 0.643. The SMILES string of the molecule is O=C(O)c1ccc([N+](=O)[O-])cc1Nc1cc(Cl)cc(Cl)c1. The van der Waals surface area contributed by atoms with Crippen molar-refractivity contribution in [3.63, 3.8) is 0 Å². The number of carboxylic acids is 1. The molecule has 21 heavy (non-hydrogen) atoms. The lowest BCUT2D eigenvalue weighted by Gasteiger charge is -2.10. The Bertz CT molecular complexity index is 714. The standard InChI is InChI=1S/C13H8Cl2N2O4/c14-7-3-8(15)5-9(4-7)16-12-6-10(17(20)21)1-2-11(12)13(18)19/h1-6,16H,(H,18,19). The molecule has 2 rings (SSSR count). The number of rotatable bonds is 4. The number of non-ortho nitro benzene ring substituents is 1. The minimum absolute atomic E-state index is 0.0787. The highest BCUT2D eigenvalue weighted by atomic mass is 35.5. The normalized spacial score (nSPS) is 10.2. The van der Waals surface area contributed by atoms with Crippen LogP contribution in [-0.2, 0) is 0 Å². The van der Waals surface area contributed by atoms with Crippen molar-refractivity contribution in [2.75, 3.05) is 5.32 Å². The van der Waals surface area contributed by atoms with Crippen molar-refractivity contribution >= 4 is 46.2 Å². The summed E-state index contributed by atoms with van der Waals surface area (Å²) in [6.45, 7) is 0. The molecule has 0 aliphatic heterocycles. The molecular weight excluding hydrogens is 319 g/mol. The first kappa shape index (κ1) is 15.1. The van der Waals surface area contributed by atoms with Gasteiger partial charge in [-0.1, -0.05) is 23.2 Å². The minimum atomic E-state index is -1.21. The Balaban J connectivity index is 2.47. The van der Waals surface area contributed by atoms with Crippen LogP contribution in [0, 0.1) is 10.1 Å². The lowest BCUT2D eigenvalue weighted by atomic mass is 10.1. The second-order valence-electron chi connectivity index (χ2n) is 4.08. The Morgan fingerprint density at radius 3 is 2.29 bits per heavy atom. The lowest BCUT2D eigenvalue weighted by molar-refractivity contribution is -0.384. The van der Waals surface area contributed by atoms with Gasteiger partial charge in [-0.05, 0) is 24.3 Å². The maximum Gasteiger partial charge on any atom is 0.337 e. The minimum Gasteiger partial charge on any atom is -0.478 e. The third kappa shape index (κ3) is 3.62. The lowest BCUT2D eigenvalue weighted by Crippen LogP contribution is -2.03. The topological polar surface area (TPSA) is 92.5 Å². The van der Waals surface area contributed by atoms with E-state index in [0.29, 0.717) is 15.7 Å². The van der Waals surface area contributed by atoms with E-state index in [-0.39, 0.29) is 16.9 Å². The molecule has 0 aliphatic carbocycles. The summed E-state index contributed by atoms with van der Waals surface area (Å²) in [6.07, 6.45) is 0. The predicted octanol–water partition coefficient (Wildman–Crippen LogP) is 4.34. The maximum absolute atomic E-state index is 11.2. The average Bonchev–Trinajstić information content (AvgIpc) is 2.36. The molecule has 0 saturated heterocycles. The van der Waals surface area contributed by atoms with Gasteiger partial charge in [-0.2, -0.15) is 0 Å². The number of aromatic carboxylic acids is 1. The van der Waals surface area contributed by atoms with Gasteiger partial charge < -0.3 is 10.4 Å². The third-order valence-corrected chi connectivity index (χ3v) is 3.02. The van der Waals surface area contributed by atoms with E-state index in [2.05, 4.69) is 5.32 Å². The molecule has 6 nitrogen and oxygen atoms in total. The number of nitrogens with one attached hydrogen (secondary N) is 1. The van der Waals surface area contributed by atoms with Crippen LogP contribution in [0.1, 0.15) is 10.4 Å². The highest BCUT2D eigenvalue weighted by Crippen LogP contribution is 2.29. The second kappa shape index (κ2) is 5.99. The first-order valence-corrected chi connectivity index (χ1v) is 6.37. The van der Waals surface area contributed by atoms with Crippen molar-refractivity contribution in [2.45, 2.75) is 0 Å². The zero-order valence-electron chi connectivity index (χ0n) is 10.3. The van der Waals surface area contributed by atoms with Gasteiger partial charge in [-0.15, -0.1) is 0 Å². The number of hydrogen-bond acceptors (Lipinski definition) is 4. The van der Waals surface area contributed by atoms with Crippen LogP contribution in [0.15, 0.2) is 36.4 Å². The van der Waals surface area contributed by atoms with Crippen molar-refractivity contribution in [3.8, 4) is 0 Å². The number of carbonyl (C=O) groups is 1. The second-order valence-corrected chi connectivity index (χ2v) is 4.95. The van der Waals surface area contributed by atoms with Crippen LogP contribution >= 0.6 is 23.2 Å². The van der Waals surface area contributed by atoms with Gasteiger partial charge in [0, 0.05) is 27.9 Å². The predicted molar refractivity (Wildman–Crippen MR) is 79.8 cm³/mol. The Labute approximate surface area is 129 Å². The Hall–Kier alpha value is -2.31. The monoisotopic (exact) mass is 326 g/mol. The largest absolute Gasteiger partial charge is 0.478 e. The molecule has 0 bridgehead atoms. The van der Waals surface area contributed by atoms with Gasteiger partial charge in [0.25, 0.3) is 5.69 Å². The molecule has 0 spiro atoms. The Morgan fingerprint density at radius 1 is 1.14 bits per heavy atom. The van der Waals surface area contributed by atoms with E-state index >= 15 is 0 Å². The van der Waals surface area contributed by atoms with Crippen molar-refractivity contribution in [2.24, 2.45) is 0 Å². The van der Waals surface area contributed by atoms with E-state index in [0.717, 1.165) is 18.2 Å². The number of hydrogen-bond donors (Lipinski definition) is 2. The fraction of sp³-hybridized carbons (Fsp3) is 0. The number of nitro benzene ring substituents is 1. The van der Waals surface area contributed by atoms with Crippen molar-refractivity contribution in [1.29, 1.82) is 0 Å². The summed E-state index contributed by atoms with van der Waals surface area (Å²) in [6, 6.07) is 7.99. The number of benzene rings is 2. The van der Waals surface area contributed by atoms with Crippen molar-refractivity contribution in [3.05, 3.63) is 62.1 Å². The molecule has 8 heteroatoms. The summed E-state index contributed by atoms with van der Waals surface area (Å²) in [7, 11) is 0. The van der Waals surface area contributed by atoms with Gasteiger partial charge in [0.05, 0.1) is 16.2 Å². The molecule has 108 valence electrons. The average molecular weight is 327 g/mol. The van der Waals surface area contributed by atoms with Crippen LogP contribution in [0.25, 0.3) is 0 Å². The van der Waals surface area contributed by atoms with Crippen LogP contribution < -0.4 is 5.32 Å². The fourth-order valence-electron chi connectivity index (χ4n) is 1.72. The molecule has 2 aromatic carbocycles. The third-order valence-electron chi connectivity index (χ3n) is 2.59. The summed E-state index contributed by atoms with van der Waals surface area (Å²) in [5.41, 5.74) is 0.179. The molecule has 0 aliphatic rings. The highest BCUT2D eigenvalue weighted by molar-refractivity contribution is 6.35. The molecule has 0 heterocycles. The van der Waals surface area contributed by atoms with Crippen molar-refractivity contribution < 1.29 is 14.8 Å². The van der Waals surface area contributed by atoms with Gasteiger partial charge in [0.2, 0.25) is 0 Å². The summed E-state index contributed by atoms with van der Waals surface area (Å²) >= 11 is 11.7. The molecular formula is C13H8Cl2N2O4. The molecule has 0 radical (unpaired) electrons. The first-order chi connectivity index (χ1) is 9.86. The van der Waals surface area contributed by atoms with Crippen LogP contribution in [-0.4, -0.2) is 16.0 Å². The highest BCUT2D eigenvalue weighted by Gasteiger charge is 2.15.